The molecule has 1 aromatic carbocycles. The zero-order valence-electron chi connectivity index (χ0n) is 15.2. The Morgan fingerprint density at radius 2 is 2.28 bits per heavy atom. The Morgan fingerprint density at radius 1 is 1.36 bits per heavy atom. The van der Waals surface area contributed by atoms with E-state index in [1.165, 1.54) is 12.0 Å². The molecule has 0 saturated carbocycles. The van der Waals surface area contributed by atoms with Gasteiger partial charge in [-0.05, 0) is 56.8 Å². The molecule has 2 heterocycles. The Balaban J connectivity index is 1.47. The normalized spacial score (nSPS) is 22.9. The Kier molecular flexibility index (Phi) is 6.70. The van der Waals surface area contributed by atoms with Crippen LogP contribution in [0.2, 0.25) is 0 Å². The van der Waals surface area contributed by atoms with Crippen LogP contribution in [0.1, 0.15) is 36.8 Å². The zero-order valence-corrected chi connectivity index (χ0v) is 15.2. The molecule has 138 valence electrons. The number of amides is 1. The molecule has 2 aliphatic rings. The molecule has 1 amide bonds. The number of ether oxygens (including phenoxy) is 2. The SMILES string of the molecule is Cc1ccc(CNC(=O)CCC2CCNC2)c(OCC2CCOC2)c1. The third kappa shape index (κ3) is 5.72. The number of carbonyl (C=O) groups excluding carboxylic acids is 1. The topological polar surface area (TPSA) is 59.6 Å². The molecule has 2 unspecified atom stereocenters. The van der Waals surface area contributed by atoms with E-state index in [2.05, 4.69) is 35.8 Å². The molecule has 2 N–H and O–H groups in total. The monoisotopic (exact) mass is 346 g/mol. The molecule has 2 aliphatic heterocycles. The lowest BCUT2D eigenvalue weighted by molar-refractivity contribution is -0.121. The summed E-state index contributed by atoms with van der Waals surface area (Å²) in [5.74, 6) is 2.13. The number of nitrogens with one attached hydrogen (secondary N) is 2. The number of hydrogen-bond donors (Lipinski definition) is 2. The molecule has 0 spiro atoms. The highest BCUT2D eigenvalue weighted by atomic mass is 16.5. The second kappa shape index (κ2) is 9.20. The first-order valence-corrected chi connectivity index (χ1v) is 9.48. The quantitative estimate of drug-likeness (QED) is 0.759. The van der Waals surface area contributed by atoms with Gasteiger partial charge in [0.1, 0.15) is 5.75 Å². The summed E-state index contributed by atoms with van der Waals surface area (Å²) in [4.78, 5) is 12.1. The molecule has 5 nitrogen and oxygen atoms in total. The minimum atomic E-state index is 0.127. The van der Waals surface area contributed by atoms with Gasteiger partial charge in [-0.15, -0.1) is 0 Å². The van der Waals surface area contributed by atoms with Gasteiger partial charge in [-0.1, -0.05) is 12.1 Å². The van der Waals surface area contributed by atoms with Gasteiger partial charge in [0, 0.05) is 31.1 Å². The maximum Gasteiger partial charge on any atom is 0.220 e. The van der Waals surface area contributed by atoms with Crippen LogP contribution in [0.25, 0.3) is 0 Å². The van der Waals surface area contributed by atoms with Gasteiger partial charge < -0.3 is 20.1 Å². The van der Waals surface area contributed by atoms with Gasteiger partial charge in [0.05, 0.1) is 13.2 Å². The first-order valence-electron chi connectivity index (χ1n) is 9.48. The predicted octanol–water partition coefficient (Wildman–Crippen LogP) is 2.42. The van der Waals surface area contributed by atoms with Crippen LogP contribution in [0.3, 0.4) is 0 Å². The van der Waals surface area contributed by atoms with E-state index in [0.717, 1.165) is 50.5 Å². The van der Waals surface area contributed by atoms with Gasteiger partial charge in [0.25, 0.3) is 0 Å². The van der Waals surface area contributed by atoms with Gasteiger partial charge in [0.15, 0.2) is 0 Å². The summed E-state index contributed by atoms with van der Waals surface area (Å²) < 4.78 is 11.4. The number of benzene rings is 1. The molecule has 5 heteroatoms. The molecule has 25 heavy (non-hydrogen) atoms. The van der Waals surface area contributed by atoms with Crippen molar-refractivity contribution < 1.29 is 14.3 Å². The molecule has 2 fully saturated rings. The fourth-order valence-electron chi connectivity index (χ4n) is 3.44. The second-order valence-electron chi connectivity index (χ2n) is 7.33. The van der Waals surface area contributed by atoms with E-state index >= 15 is 0 Å². The summed E-state index contributed by atoms with van der Waals surface area (Å²) >= 11 is 0. The number of aryl methyl sites for hydroxylation is 1. The maximum atomic E-state index is 12.1. The Hall–Kier alpha value is -1.59. The van der Waals surface area contributed by atoms with Crippen molar-refractivity contribution in [3.63, 3.8) is 0 Å². The van der Waals surface area contributed by atoms with Crippen molar-refractivity contribution in [2.24, 2.45) is 11.8 Å². The Morgan fingerprint density at radius 3 is 3.04 bits per heavy atom. The highest BCUT2D eigenvalue weighted by Gasteiger charge is 2.18. The smallest absolute Gasteiger partial charge is 0.220 e. The van der Waals surface area contributed by atoms with Crippen molar-refractivity contribution in [3.8, 4) is 5.75 Å². The number of hydrogen-bond acceptors (Lipinski definition) is 4. The molecule has 1 aromatic rings. The molecular formula is C20H30N2O3. The largest absolute Gasteiger partial charge is 0.493 e. The number of rotatable bonds is 8. The lowest BCUT2D eigenvalue weighted by atomic mass is 10.0. The summed E-state index contributed by atoms with van der Waals surface area (Å²) in [6.45, 7) is 7.02. The number of carbonyl (C=O) groups is 1. The standard InChI is InChI=1S/C20H30N2O3/c1-15-2-4-18(19(10-15)25-14-17-7-9-24-13-17)12-22-20(23)5-3-16-6-8-21-11-16/h2,4,10,16-17,21H,3,5-9,11-14H2,1H3,(H,22,23). The van der Waals surface area contributed by atoms with Crippen LogP contribution in [-0.4, -0.2) is 38.8 Å². The van der Waals surface area contributed by atoms with Crippen molar-refractivity contribution in [1.29, 1.82) is 0 Å². The average molecular weight is 346 g/mol. The summed E-state index contributed by atoms with van der Waals surface area (Å²) in [5, 5.41) is 6.39. The van der Waals surface area contributed by atoms with Crippen LogP contribution in [0, 0.1) is 18.8 Å². The Labute approximate surface area is 150 Å². The molecule has 2 saturated heterocycles. The summed E-state index contributed by atoms with van der Waals surface area (Å²) in [6.07, 6.45) is 3.83. The second-order valence-corrected chi connectivity index (χ2v) is 7.33. The van der Waals surface area contributed by atoms with Gasteiger partial charge >= 0.3 is 0 Å². The minimum Gasteiger partial charge on any atom is -0.493 e. The van der Waals surface area contributed by atoms with Crippen molar-refractivity contribution in [1.82, 2.24) is 10.6 Å². The predicted molar refractivity (Wildman–Crippen MR) is 97.7 cm³/mol. The van der Waals surface area contributed by atoms with Crippen molar-refractivity contribution in [2.45, 2.75) is 39.2 Å². The van der Waals surface area contributed by atoms with Gasteiger partial charge in [-0.2, -0.15) is 0 Å². The van der Waals surface area contributed by atoms with E-state index in [4.69, 9.17) is 9.47 Å². The third-order valence-corrected chi connectivity index (χ3v) is 5.14. The average Bonchev–Trinajstić information content (AvgIpc) is 3.30. The zero-order chi connectivity index (χ0) is 17.5. The summed E-state index contributed by atoms with van der Waals surface area (Å²) in [5.41, 5.74) is 2.21. The fourth-order valence-corrected chi connectivity index (χ4v) is 3.44. The highest BCUT2D eigenvalue weighted by molar-refractivity contribution is 5.75. The molecule has 0 aliphatic carbocycles. The Bertz CT molecular complexity index is 564. The van der Waals surface area contributed by atoms with Crippen LogP contribution in [0.15, 0.2) is 18.2 Å². The molecule has 2 atom stereocenters. The first kappa shape index (κ1) is 18.2. The highest BCUT2D eigenvalue weighted by Crippen LogP contribution is 2.23. The first-order chi connectivity index (χ1) is 12.2. The molecule has 0 radical (unpaired) electrons. The van der Waals surface area contributed by atoms with Crippen LogP contribution < -0.4 is 15.4 Å². The van der Waals surface area contributed by atoms with Crippen LogP contribution in [0.4, 0.5) is 0 Å². The lowest BCUT2D eigenvalue weighted by Gasteiger charge is -2.15. The van der Waals surface area contributed by atoms with E-state index in [1.54, 1.807) is 0 Å². The van der Waals surface area contributed by atoms with Gasteiger partial charge in [-0.25, -0.2) is 0 Å². The third-order valence-electron chi connectivity index (χ3n) is 5.14. The summed E-state index contributed by atoms with van der Waals surface area (Å²) in [7, 11) is 0. The van der Waals surface area contributed by atoms with E-state index in [9.17, 15) is 4.79 Å². The molecule has 3 rings (SSSR count). The van der Waals surface area contributed by atoms with E-state index < -0.39 is 0 Å². The van der Waals surface area contributed by atoms with E-state index in [-0.39, 0.29) is 5.91 Å². The van der Waals surface area contributed by atoms with Gasteiger partial charge in [-0.3, -0.25) is 4.79 Å². The van der Waals surface area contributed by atoms with Crippen LogP contribution in [-0.2, 0) is 16.1 Å². The minimum absolute atomic E-state index is 0.127. The lowest BCUT2D eigenvalue weighted by Crippen LogP contribution is -2.24. The fraction of sp³-hybridized carbons (Fsp3) is 0.650. The molecule has 0 bridgehead atoms. The maximum absolute atomic E-state index is 12.1. The molecular weight excluding hydrogens is 316 g/mol. The van der Waals surface area contributed by atoms with Gasteiger partial charge in [0.2, 0.25) is 5.91 Å². The van der Waals surface area contributed by atoms with E-state index in [0.29, 0.717) is 31.4 Å². The van der Waals surface area contributed by atoms with Crippen LogP contribution >= 0.6 is 0 Å². The molecule has 0 aromatic heterocycles. The van der Waals surface area contributed by atoms with Crippen molar-refractivity contribution in [2.75, 3.05) is 32.9 Å². The van der Waals surface area contributed by atoms with Crippen molar-refractivity contribution >= 4 is 5.91 Å². The van der Waals surface area contributed by atoms with E-state index in [1.807, 2.05) is 0 Å². The summed E-state index contributed by atoms with van der Waals surface area (Å²) in [6, 6.07) is 6.18. The van der Waals surface area contributed by atoms with Crippen molar-refractivity contribution in [3.05, 3.63) is 29.3 Å². The van der Waals surface area contributed by atoms with Crippen LogP contribution in [0.5, 0.6) is 5.75 Å².